The molecule has 3 aromatic rings. The van der Waals surface area contributed by atoms with Crippen LogP contribution in [0.1, 0.15) is 18.7 Å². The van der Waals surface area contributed by atoms with Gasteiger partial charge in [-0.2, -0.15) is 4.57 Å². The molecular formula is C22H21N5O5S2. The monoisotopic (exact) mass is 499 g/mol. The van der Waals surface area contributed by atoms with E-state index in [9.17, 15) is 24.6 Å². The van der Waals surface area contributed by atoms with E-state index in [1.54, 1.807) is 40.7 Å². The number of carboxylic acid groups (broad SMARTS) is 1. The van der Waals surface area contributed by atoms with Crippen LogP contribution in [0.3, 0.4) is 0 Å². The Hall–Kier alpha value is -3.22. The van der Waals surface area contributed by atoms with Crippen LogP contribution in [0.15, 0.2) is 52.7 Å². The number of β-lactam (4-membered cyclic amide) rings is 1. The van der Waals surface area contributed by atoms with Crippen LogP contribution < -0.4 is 15.4 Å². The van der Waals surface area contributed by atoms with Crippen molar-refractivity contribution >= 4 is 51.3 Å². The van der Waals surface area contributed by atoms with Gasteiger partial charge in [0.2, 0.25) is 17.5 Å². The Morgan fingerprint density at radius 3 is 2.85 bits per heavy atom. The van der Waals surface area contributed by atoms with Crippen LogP contribution in [0.4, 0.5) is 0 Å². The number of aliphatic hydroxyl groups excluding tert-OH is 1. The predicted molar refractivity (Wildman–Crippen MR) is 120 cm³/mol. The summed E-state index contributed by atoms with van der Waals surface area (Å²) < 4.78 is 3.54. The number of aliphatic carboxylic acids is 1. The quantitative estimate of drug-likeness (QED) is 0.333. The number of hydrogen-bond donors (Lipinski definition) is 2. The molecule has 1 saturated heterocycles. The maximum atomic E-state index is 12.6. The van der Waals surface area contributed by atoms with Crippen molar-refractivity contribution in [2.24, 2.45) is 17.6 Å². The molecule has 0 saturated carbocycles. The summed E-state index contributed by atoms with van der Waals surface area (Å²) in [5, 5.41) is 23.6. The highest BCUT2D eigenvalue weighted by Crippen LogP contribution is 2.51. The normalized spacial score (nSPS) is 22.7. The van der Waals surface area contributed by atoms with Gasteiger partial charge in [-0.25, -0.2) is 4.98 Å². The molecule has 5 heterocycles. The Kier molecular flexibility index (Phi) is 5.46. The highest BCUT2D eigenvalue weighted by Gasteiger charge is 2.58. The molecule has 2 aliphatic rings. The summed E-state index contributed by atoms with van der Waals surface area (Å²) in [4.78, 5) is 43.3. The Bertz CT molecular complexity index is 1380. The van der Waals surface area contributed by atoms with Crippen molar-refractivity contribution in [1.29, 1.82) is 0 Å². The lowest BCUT2D eigenvalue weighted by Gasteiger charge is -2.47. The first kappa shape index (κ1) is 22.6. The third-order valence-electron chi connectivity index (χ3n) is 6.24. The maximum absolute atomic E-state index is 12.6. The second-order valence-electron chi connectivity index (χ2n) is 8.40. The molecule has 0 aromatic carbocycles. The van der Waals surface area contributed by atoms with Crippen molar-refractivity contribution in [3.05, 3.63) is 47.5 Å². The fraction of sp³-hybridized carbons (Fsp3) is 0.318. The average molecular weight is 500 g/mol. The van der Waals surface area contributed by atoms with Crippen LogP contribution in [-0.2, 0) is 20.9 Å². The summed E-state index contributed by atoms with van der Waals surface area (Å²) in [7, 11) is 0. The largest absolute Gasteiger partial charge is 0.543 e. The SMILES string of the molecule is C[C@@H](O)[C@H]1C(=O)N2C(C(=O)[O-])=C(c3cn4cnc(Sc5cccc[n+]5CC(N)=O)c4s3)[C@H](C)[C@H]12. The lowest BCUT2D eigenvalue weighted by atomic mass is 9.77. The first-order chi connectivity index (χ1) is 16.2. The van der Waals surface area contributed by atoms with Gasteiger partial charge in [0.05, 0.1) is 34.6 Å². The molecule has 0 bridgehead atoms. The number of carbonyl (C=O) groups excluding carboxylic acids is 3. The van der Waals surface area contributed by atoms with E-state index in [1.165, 1.54) is 28.0 Å². The molecule has 2 aliphatic heterocycles. The van der Waals surface area contributed by atoms with Crippen LogP contribution >= 0.6 is 23.1 Å². The van der Waals surface area contributed by atoms with Crippen molar-refractivity contribution in [1.82, 2.24) is 14.3 Å². The number of carbonyl (C=O) groups is 3. The van der Waals surface area contributed by atoms with E-state index in [4.69, 9.17) is 5.73 Å². The van der Waals surface area contributed by atoms with Crippen molar-refractivity contribution in [3.63, 3.8) is 0 Å². The predicted octanol–water partition coefficient (Wildman–Crippen LogP) is -0.362. The average Bonchev–Trinajstić information content (AvgIpc) is 3.39. The maximum Gasteiger partial charge on any atom is 0.283 e. The first-order valence-corrected chi connectivity index (χ1v) is 12.2. The summed E-state index contributed by atoms with van der Waals surface area (Å²) in [6.07, 6.45) is 4.32. The number of aliphatic hydroxyl groups is 1. The third kappa shape index (κ3) is 3.40. The Morgan fingerprint density at radius 1 is 1.41 bits per heavy atom. The number of pyridine rings is 1. The molecule has 3 N–H and O–H groups in total. The smallest absolute Gasteiger partial charge is 0.283 e. The van der Waals surface area contributed by atoms with E-state index in [1.807, 2.05) is 19.1 Å². The lowest BCUT2D eigenvalue weighted by Crippen LogP contribution is -2.64. The molecule has 1 fully saturated rings. The number of aromatic nitrogens is 3. The van der Waals surface area contributed by atoms with Crippen molar-refractivity contribution < 1.29 is 29.2 Å². The molecule has 0 radical (unpaired) electrons. The molecule has 3 aromatic heterocycles. The minimum absolute atomic E-state index is 0.0327. The van der Waals surface area contributed by atoms with Crippen LogP contribution in [-0.4, -0.2) is 49.3 Å². The number of fused-ring (bicyclic) bond motifs is 2. The fourth-order valence-electron chi connectivity index (χ4n) is 4.81. The van der Waals surface area contributed by atoms with Gasteiger partial charge in [0.15, 0.2) is 6.20 Å². The van der Waals surface area contributed by atoms with Crippen molar-refractivity contribution in [2.45, 2.75) is 42.6 Å². The third-order valence-corrected chi connectivity index (χ3v) is 8.58. The van der Waals surface area contributed by atoms with E-state index in [0.717, 1.165) is 9.86 Å². The summed E-state index contributed by atoms with van der Waals surface area (Å²) in [6.45, 7) is 3.44. The van der Waals surface area contributed by atoms with Gasteiger partial charge in [-0.15, -0.1) is 11.3 Å². The minimum atomic E-state index is -1.41. The molecule has 34 heavy (non-hydrogen) atoms. The Morgan fingerprint density at radius 2 is 2.18 bits per heavy atom. The number of carboxylic acids is 1. The number of thiazole rings is 1. The standard InChI is InChI=1S/C22H21N5O5S2/c1-10-15(18(22(31)32)27-17(10)16(11(2)28)20(27)30)12-7-26-9-24-19(21(26)33-12)34-14-5-3-4-6-25(14)8-13(23)29/h3-7,9-11,16-17,28H,8H2,1-2H3,(H2-,23,29,31,32)/t10-,11+,16+,17+/m0/s1. The summed E-state index contributed by atoms with van der Waals surface area (Å²) in [5.41, 5.74) is 5.75. The number of nitrogens with zero attached hydrogens (tertiary/aromatic N) is 4. The highest BCUT2D eigenvalue weighted by atomic mass is 32.2. The molecule has 0 spiro atoms. The van der Waals surface area contributed by atoms with Gasteiger partial charge >= 0.3 is 0 Å². The topological polar surface area (TPSA) is 145 Å². The Balaban J connectivity index is 1.53. The van der Waals surface area contributed by atoms with Gasteiger partial charge in [0, 0.05) is 41.6 Å². The van der Waals surface area contributed by atoms with Gasteiger partial charge in [-0.1, -0.05) is 6.92 Å². The van der Waals surface area contributed by atoms with E-state index in [2.05, 4.69) is 4.98 Å². The number of nitrogens with two attached hydrogens (primary N) is 1. The zero-order valence-corrected chi connectivity index (χ0v) is 19.9. The molecule has 4 atom stereocenters. The second kappa shape index (κ2) is 8.22. The van der Waals surface area contributed by atoms with Crippen LogP contribution in [0.25, 0.3) is 10.4 Å². The van der Waals surface area contributed by atoms with Gasteiger partial charge in [-0.05, 0) is 13.0 Å². The minimum Gasteiger partial charge on any atom is -0.543 e. The molecule has 176 valence electrons. The molecule has 5 rings (SSSR count). The van der Waals surface area contributed by atoms with Crippen LogP contribution in [0, 0.1) is 11.8 Å². The number of imidazole rings is 1. The van der Waals surface area contributed by atoms with E-state index >= 15 is 0 Å². The number of rotatable bonds is 7. The number of hydrogen-bond acceptors (Lipinski definition) is 8. The van der Waals surface area contributed by atoms with E-state index < -0.39 is 35.8 Å². The molecule has 12 heteroatoms. The zero-order valence-electron chi connectivity index (χ0n) is 18.2. The number of primary amides is 1. The summed E-state index contributed by atoms with van der Waals surface area (Å²) >= 11 is 2.73. The van der Waals surface area contributed by atoms with Crippen molar-refractivity contribution in [2.75, 3.05) is 0 Å². The second-order valence-corrected chi connectivity index (χ2v) is 10.4. The molecule has 0 aliphatic carbocycles. The van der Waals surface area contributed by atoms with Crippen LogP contribution in [0.5, 0.6) is 0 Å². The highest BCUT2D eigenvalue weighted by molar-refractivity contribution is 7.99. The first-order valence-electron chi connectivity index (χ1n) is 10.6. The Labute approximate surface area is 202 Å². The molecular weight excluding hydrogens is 478 g/mol. The van der Waals surface area contributed by atoms with Gasteiger partial charge in [0.1, 0.15) is 16.2 Å². The molecule has 10 nitrogen and oxygen atoms in total. The molecule has 0 unspecified atom stereocenters. The van der Waals surface area contributed by atoms with Crippen molar-refractivity contribution in [3.8, 4) is 0 Å². The lowest BCUT2D eigenvalue weighted by molar-refractivity contribution is -0.720. The van der Waals surface area contributed by atoms with E-state index in [0.29, 0.717) is 15.5 Å². The van der Waals surface area contributed by atoms with Crippen LogP contribution in [0.2, 0.25) is 0 Å². The van der Waals surface area contributed by atoms with Gasteiger partial charge < -0.3 is 25.6 Å². The van der Waals surface area contributed by atoms with E-state index in [-0.39, 0.29) is 18.2 Å². The van der Waals surface area contributed by atoms with Gasteiger partial charge in [-0.3, -0.25) is 14.0 Å². The van der Waals surface area contributed by atoms with Gasteiger partial charge in [0.25, 0.3) is 5.91 Å². The molecule has 2 amide bonds. The summed E-state index contributed by atoms with van der Waals surface area (Å²) in [5.74, 6) is -3.20. The summed E-state index contributed by atoms with van der Waals surface area (Å²) in [6, 6.07) is 5.10. The number of amides is 2. The zero-order chi connectivity index (χ0) is 24.3. The fourth-order valence-corrected chi connectivity index (χ4v) is 7.05.